The quantitative estimate of drug-likeness (QED) is 0.0651. The largest absolute Gasteiger partial charge is 0.368 e. The Labute approximate surface area is 313 Å². The van der Waals surface area contributed by atoms with E-state index in [1.54, 1.807) is 0 Å². The molecule has 0 unspecified atom stereocenters. The Kier molecular flexibility index (Phi) is 17.5. The molecule has 2 rings (SSSR count). The third kappa shape index (κ3) is 15.4. The second-order valence-corrected chi connectivity index (χ2v) is 12.2. The molecule has 0 saturated carbocycles. The number of primary amides is 1. The number of aromatic nitrogens is 4. The molecule has 0 radical (unpaired) electrons. The molecule has 0 atom stereocenters. The molecule has 55 heavy (non-hydrogen) atoms. The highest BCUT2D eigenvalue weighted by molar-refractivity contribution is 5.86. The maximum atomic E-state index is 13.4. The third-order valence-corrected chi connectivity index (χ3v) is 7.71. The third-order valence-electron chi connectivity index (χ3n) is 7.71. The molecule has 0 saturated heterocycles. The van der Waals surface area contributed by atoms with Gasteiger partial charge >= 0.3 is 11.4 Å². The highest BCUT2D eigenvalue weighted by atomic mass is 16.2. The lowest BCUT2D eigenvalue weighted by atomic mass is 10.2. The van der Waals surface area contributed by atoms with Gasteiger partial charge in [-0.2, -0.15) is 0 Å². The first kappa shape index (κ1) is 44.4. The van der Waals surface area contributed by atoms with E-state index in [0.717, 1.165) is 18.9 Å². The fourth-order valence-electron chi connectivity index (χ4n) is 4.85. The molecule has 7 N–H and O–H groups in total. The molecule has 0 aliphatic heterocycles. The van der Waals surface area contributed by atoms with Gasteiger partial charge in [0.05, 0.1) is 19.6 Å². The Hall–Kier alpha value is -6.79. The van der Waals surface area contributed by atoms with Crippen LogP contribution in [0.1, 0.15) is 30.9 Å². The average Bonchev–Trinajstić information content (AvgIpc) is 3.10. The minimum absolute atomic E-state index is 0.0162. The highest BCUT2D eigenvalue weighted by Crippen LogP contribution is 1.99. The second kappa shape index (κ2) is 21.7. The molecule has 2 aromatic rings. The van der Waals surface area contributed by atoms with Crippen molar-refractivity contribution in [2.45, 2.75) is 46.7 Å². The van der Waals surface area contributed by atoms with Gasteiger partial charge in [-0.05, 0) is 13.8 Å². The SMILES string of the molecule is C#CCCC(=O)N(CCNC(C)=O)CC(=O)NCCN(CC(=O)NCCN(CC(N)=O)C(=O)Cn1cc(C)c(=O)[nH]c1=O)C(=O)Cn1cc(C)c(=O)[nH]c1=O. The van der Waals surface area contributed by atoms with E-state index in [1.165, 1.54) is 38.1 Å². The van der Waals surface area contributed by atoms with Gasteiger partial charge in [0.1, 0.15) is 13.1 Å². The number of hydrogen-bond donors (Lipinski definition) is 6. The fourth-order valence-corrected chi connectivity index (χ4v) is 4.85. The number of amides is 7. The van der Waals surface area contributed by atoms with Crippen LogP contribution in [0.5, 0.6) is 0 Å². The summed E-state index contributed by atoms with van der Waals surface area (Å²) in [5, 5.41) is 7.60. The van der Waals surface area contributed by atoms with Crippen LogP contribution < -0.4 is 44.2 Å². The number of hydrogen-bond acceptors (Lipinski definition) is 11. The number of carbonyl (C=O) groups is 7. The summed E-state index contributed by atoms with van der Waals surface area (Å²) in [6.45, 7) is 0.559. The molecule has 2 aromatic heterocycles. The zero-order valence-electron chi connectivity index (χ0n) is 30.7. The molecule has 0 fully saturated rings. The van der Waals surface area contributed by atoms with E-state index < -0.39 is 90.7 Å². The predicted octanol–water partition coefficient (Wildman–Crippen LogP) is -5.54. The lowest BCUT2D eigenvalue weighted by molar-refractivity contribution is -0.137. The van der Waals surface area contributed by atoms with Gasteiger partial charge in [-0.1, -0.05) is 0 Å². The summed E-state index contributed by atoms with van der Waals surface area (Å²) in [5.41, 5.74) is 2.56. The van der Waals surface area contributed by atoms with Crippen LogP contribution in [-0.2, 0) is 46.7 Å². The minimum Gasteiger partial charge on any atom is -0.368 e. The summed E-state index contributed by atoms with van der Waals surface area (Å²) >= 11 is 0. The summed E-state index contributed by atoms with van der Waals surface area (Å²) < 4.78 is 1.86. The zero-order chi connectivity index (χ0) is 41.2. The molecule has 298 valence electrons. The number of nitrogens with one attached hydrogen (secondary N) is 5. The monoisotopic (exact) mass is 771 g/mol. The van der Waals surface area contributed by atoms with Gasteiger partial charge in [-0.3, -0.25) is 62.3 Å². The van der Waals surface area contributed by atoms with E-state index in [-0.39, 0.29) is 69.1 Å². The number of H-pyrrole nitrogens is 2. The molecule has 7 amide bonds. The van der Waals surface area contributed by atoms with E-state index in [1.807, 2.05) is 0 Å². The van der Waals surface area contributed by atoms with Gasteiger partial charge in [-0.15, -0.1) is 12.3 Å². The number of terminal acetylenes is 1. The van der Waals surface area contributed by atoms with Crippen LogP contribution in [0, 0.1) is 26.2 Å². The summed E-state index contributed by atoms with van der Waals surface area (Å²) in [7, 11) is 0. The van der Waals surface area contributed by atoms with Crippen LogP contribution >= 0.6 is 0 Å². The van der Waals surface area contributed by atoms with Crippen molar-refractivity contribution in [3.63, 3.8) is 0 Å². The first-order valence-corrected chi connectivity index (χ1v) is 16.8. The second-order valence-electron chi connectivity index (χ2n) is 12.2. The molecule has 0 aliphatic carbocycles. The van der Waals surface area contributed by atoms with Gasteiger partial charge in [0.15, 0.2) is 0 Å². The lowest BCUT2D eigenvalue weighted by Gasteiger charge is -2.25. The van der Waals surface area contributed by atoms with Gasteiger partial charge in [0.2, 0.25) is 41.4 Å². The number of nitrogens with two attached hydrogens (primary N) is 1. The summed E-state index contributed by atoms with van der Waals surface area (Å²) in [4.78, 5) is 143. The van der Waals surface area contributed by atoms with Gasteiger partial charge in [-0.25, -0.2) is 9.59 Å². The number of nitrogens with zero attached hydrogens (tertiary/aromatic N) is 5. The topological polar surface area (TPSA) is 301 Å². The summed E-state index contributed by atoms with van der Waals surface area (Å²) in [6, 6.07) is 0. The summed E-state index contributed by atoms with van der Waals surface area (Å²) in [5.74, 6) is -2.16. The van der Waals surface area contributed by atoms with Crippen molar-refractivity contribution >= 4 is 41.4 Å². The van der Waals surface area contributed by atoms with Crippen molar-refractivity contribution in [3.8, 4) is 12.3 Å². The summed E-state index contributed by atoms with van der Waals surface area (Å²) in [6.07, 6.45) is 7.68. The lowest BCUT2D eigenvalue weighted by Crippen LogP contribution is -2.49. The van der Waals surface area contributed by atoms with Crippen molar-refractivity contribution in [1.29, 1.82) is 0 Å². The van der Waals surface area contributed by atoms with Crippen LogP contribution in [-0.4, -0.2) is 134 Å². The smallest absolute Gasteiger partial charge is 0.328 e. The van der Waals surface area contributed by atoms with Crippen LogP contribution in [0.4, 0.5) is 0 Å². The number of rotatable bonds is 21. The van der Waals surface area contributed by atoms with E-state index in [0.29, 0.717) is 0 Å². The van der Waals surface area contributed by atoms with Crippen molar-refractivity contribution in [2.75, 3.05) is 58.9 Å². The van der Waals surface area contributed by atoms with Gasteiger partial charge in [0.25, 0.3) is 11.1 Å². The normalized spacial score (nSPS) is 10.4. The van der Waals surface area contributed by atoms with Gasteiger partial charge < -0.3 is 36.4 Å². The molecule has 0 aromatic carbocycles. The molecule has 2 heterocycles. The van der Waals surface area contributed by atoms with Crippen LogP contribution in [0.3, 0.4) is 0 Å². The highest BCUT2D eigenvalue weighted by Gasteiger charge is 2.22. The van der Waals surface area contributed by atoms with Crippen LogP contribution in [0.2, 0.25) is 0 Å². The Morgan fingerprint density at radius 1 is 0.691 bits per heavy atom. The van der Waals surface area contributed by atoms with E-state index >= 15 is 0 Å². The van der Waals surface area contributed by atoms with Crippen molar-refractivity contribution in [3.05, 3.63) is 65.2 Å². The first-order valence-electron chi connectivity index (χ1n) is 16.8. The zero-order valence-corrected chi connectivity index (χ0v) is 30.7. The van der Waals surface area contributed by atoms with Crippen molar-refractivity contribution < 1.29 is 33.6 Å². The van der Waals surface area contributed by atoms with E-state index in [9.17, 15) is 52.7 Å². The predicted molar refractivity (Wildman–Crippen MR) is 194 cm³/mol. The Bertz CT molecular complexity index is 2040. The van der Waals surface area contributed by atoms with Crippen LogP contribution in [0.15, 0.2) is 31.6 Å². The molecule has 0 aliphatic rings. The number of aromatic amines is 2. The number of carbonyl (C=O) groups excluding carboxylic acids is 7. The van der Waals surface area contributed by atoms with E-state index in [4.69, 9.17) is 12.2 Å². The van der Waals surface area contributed by atoms with Crippen molar-refractivity contribution in [1.82, 2.24) is 49.8 Å². The molecular weight excluding hydrogens is 726 g/mol. The minimum atomic E-state index is -0.885. The Balaban J connectivity index is 2.14. The van der Waals surface area contributed by atoms with Crippen LogP contribution in [0.25, 0.3) is 0 Å². The number of aryl methyl sites for hydroxylation is 2. The maximum absolute atomic E-state index is 13.4. The molecule has 0 spiro atoms. The first-order chi connectivity index (χ1) is 25.9. The standard InChI is InChI=1S/C33H45N11O11/c1-5-6-7-27(49)41(11-8-35-23(4)45)17-25(47)37-10-13-42(29(51)20-44-15-22(3)31(53)39-33(44)55)18-26(48)36-9-12-40(16-24(34)46)28(50)19-43-14-21(2)30(52)38-32(43)54/h1,14-15H,6-13,16-20H2,2-4H3,(H2,34,46)(H,35,45)(H,36,48)(H,37,47)(H,38,52,54)(H,39,53,55). The molecule has 22 heteroatoms. The average molecular weight is 772 g/mol. The van der Waals surface area contributed by atoms with Crippen molar-refractivity contribution in [2.24, 2.45) is 5.73 Å². The molecule has 0 bridgehead atoms. The molecule has 22 nitrogen and oxygen atoms in total. The maximum Gasteiger partial charge on any atom is 0.328 e. The Morgan fingerprint density at radius 2 is 1.09 bits per heavy atom. The van der Waals surface area contributed by atoms with E-state index in [2.05, 4.69) is 31.8 Å². The van der Waals surface area contributed by atoms with Gasteiger partial charge in [0, 0.05) is 82.6 Å². The Morgan fingerprint density at radius 3 is 1.49 bits per heavy atom. The molecular formula is C33H45N11O11. The fraction of sp³-hybridized carbons (Fsp3) is 0.485.